The second-order valence-corrected chi connectivity index (χ2v) is 6.94. The molecule has 0 aliphatic carbocycles. The summed E-state index contributed by atoms with van der Waals surface area (Å²) in [7, 11) is 1.65. The van der Waals surface area contributed by atoms with Crippen molar-refractivity contribution in [3.05, 3.63) is 56.4 Å². The van der Waals surface area contributed by atoms with Crippen molar-refractivity contribution < 1.29 is 19.1 Å². The number of carboxylic acid groups (broad SMARTS) is 1. The molecule has 2 heterocycles. The zero-order valence-electron chi connectivity index (χ0n) is 12.4. The second-order valence-electron chi connectivity index (χ2n) is 4.86. The Hall–Kier alpha value is -2.07. The van der Waals surface area contributed by atoms with Gasteiger partial charge in [0, 0.05) is 13.1 Å². The number of nitrogens with zero attached hydrogens (tertiary/aromatic N) is 2. The lowest BCUT2D eigenvalue weighted by atomic mass is 10.2. The van der Waals surface area contributed by atoms with Gasteiger partial charge in [0.05, 0.1) is 16.2 Å². The van der Waals surface area contributed by atoms with E-state index in [0.29, 0.717) is 21.5 Å². The highest BCUT2D eigenvalue weighted by Gasteiger charge is 2.30. The highest BCUT2D eigenvalue weighted by atomic mass is 127. The highest BCUT2D eigenvalue weighted by Crippen LogP contribution is 2.33. The molecule has 24 heavy (non-hydrogen) atoms. The van der Waals surface area contributed by atoms with Crippen LogP contribution in [0.15, 0.2) is 50.7 Å². The Morgan fingerprint density at radius 1 is 1.29 bits per heavy atom. The van der Waals surface area contributed by atoms with E-state index in [4.69, 9.17) is 9.52 Å². The SMILES string of the molecule is CN1C(=O)/C(=C/c2ccc(I)o2)SC1=Nc1ccc(C(=O)O)cc1. The van der Waals surface area contributed by atoms with Crippen molar-refractivity contribution in [1.82, 2.24) is 4.90 Å². The van der Waals surface area contributed by atoms with Crippen molar-refractivity contribution in [2.75, 3.05) is 7.05 Å². The van der Waals surface area contributed by atoms with Crippen molar-refractivity contribution in [2.24, 2.45) is 4.99 Å². The zero-order valence-corrected chi connectivity index (χ0v) is 15.4. The fourth-order valence-electron chi connectivity index (χ4n) is 1.98. The molecule has 0 unspecified atom stereocenters. The first-order chi connectivity index (χ1) is 11.4. The average molecular weight is 454 g/mol. The Labute approximate surface area is 155 Å². The number of aliphatic imine (C=N–C) groups is 1. The number of thioether (sulfide) groups is 1. The van der Waals surface area contributed by atoms with Gasteiger partial charge in [-0.05, 0) is 70.8 Å². The van der Waals surface area contributed by atoms with Crippen molar-refractivity contribution in [3.63, 3.8) is 0 Å². The summed E-state index contributed by atoms with van der Waals surface area (Å²) in [6.07, 6.45) is 1.68. The second kappa shape index (κ2) is 6.81. The van der Waals surface area contributed by atoms with Gasteiger partial charge >= 0.3 is 5.97 Å². The minimum atomic E-state index is -0.991. The van der Waals surface area contributed by atoms with Crippen LogP contribution in [0.25, 0.3) is 6.08 Å². The van der Waals surface area contributed by atoms with Crippen molar-refractivity contribution in [2.45, 2.75) is 0 Å². The fraction of sp³-hybridized carbons (Fsp3) is 0.0625. The quantitative estimate of drug-likeness (QED) is 0.564. The predicted molar refractivity (Wildman–Crippen MR) is 100 cm³/mol. The van der Waals surface area contributed by atoms with Crippen molar-refractivity contribution in [3.8, 4) is 0 Å². The predicted octanol–water partition coefficient (Wildman–Crippen LogP) is 3.82. The van der Waals surface area contributed by atoms with Gasteiger partial charge in [0.1, 0.15) is 5.76 Å². The Morgan fingerprint density at radius 3 is 2.58 bits per heavy atom. The van der Waals surface area contributed by atoms with E-state index in [1.165, 1.54) is 28.8 Å². The van der Waals surface area contributed by atoms with Crippen LogP contribution in [0.5, 0.6) is 0 Å². The van der Waals surface area contributed by atoms with Gasteiger partial charge in [-0.1, -0.05) is 0 Å². The van der Waals surface area contributed by atoms with Gasteiger partial charge in [0.2, 0.25) is 0 Å². The van der Waals surface area contributed by atoms with Gasteiger partial charge in [0.25, 0.3) is 5.91 Å². The zero-order chi connectivity index (χ0) is 17.3. The van der Waals surface area contributed by atoms with Crippen LogP contribution in [-0.4, -0.2) is 34.1 Å². The summed E-state index contributed by atoms with van der Waals surface area (Å²) in [5.74, 6) is -0.543. The van der Waals surface area contributed by atoms with E-state index in [9.17, 15) is 9.59 Å². The molecule has 3 rings (SSSR count). The topological polar surface area (TPSA) is 83.1 Å². The van der Waals surface area contributed by atoms with Gasteiger partial charge in [-0.2, -0.15) is 0 Å². The van der Waals surface area contributed by atoms with Crippen LogP contribution in [0.3, 0.4) is 0 Å². The third-order valence-electron chi connectivity index (χ3n) is 3.21. The molecule has 0 atom stereocenters. The number of carbonyl (C=O) groups excluding carboxylic acids is 1. The average Bonchev–Trinajstić information content (AvgIpc) is 3.07. The molecule has 0 spiro atoms. The molecule has 2 aromatic rings. The number of amidine groups is 1. The van der Waals surface area contributed by atoms with E-state index in [1.807, 2.05) is 6.07 Å². The summed E-state index contributed by atoms with van der Waals surface area (Å²) >= 11 is 3.30. The van der Waals surface area contributed by atoms with Gasteiger partial charge in [-0.15, -0.1) is 0 Å². The van der Waals surface area contributed by atoms with E-state index < -0.39 is 5.97 Å². The number of halogens is 1. The lowest BCUT2D eigenvalue weighted by molar-refractivity contribution is -0.121. The van der Waals surface area contributed by atoms with Gasteiger partial charge in [-0.25, -0.2) is 9.79 Å². The number of furan rings is 1. The highest BCUT2D eigenvalue weighted by molar-refractivity contribution is 14.1. The fourth-order valence-corrected chi connectivity index (χ4v) is 3.38. The van der Waals surface area contributed by atoms with E-state index in [-0.39, 0.29) is 11.5 Å². The van der Waals surface area contributed by atoms with E-state index in [2.05, 4.69) is 27.6 Å². The molecule has 0 bridgehead atoms. The third kappa shape index (κ3) is 3.54. The molecule has 122 valence electrons. The normalized spacial score (nSPS) is 17.9. The molecule has 1 fully saturated rings. The largest absolute Gasteiger partial charge is 0.478 e. The Morgan fingerprint density at radius 2 is 2.00 bits per heavy atom. The number of amides is 1. The molecular formula is C16H11IN2O4S. The van der Waals surface area contributed by atoms with E-state index in [0.717, 1.165) is 3.77 Å². The molecule has 1 saturated heterocycles. The summed E-state index contributed by atoms with van der Waals surface area (Å²) in [5.41, 5.74) is 0.770. The van der Waals surface area contributed by atoms with Gasteiger partial charge in [0.15, 0.2) is 8.93 Å². The molecule has 0 radical (unpaired) electrons. The summed E-state index contributed by atoms with van der Waals surface area (Å²) in [6, 6.07) is 9.77. The smallest absolute Gasteiger partial charge is 0.335 e. The molecule has 1 aromatic heterocycles. The standard InChI is InChI=1S/C16H11IN2O4S/c1-19-14(20)12(8-11-6-7-13(17)23-11)24-16(19)18-10-4-2-9(3-5-10)15(21)22/h2-8H,1H3,(H,21,22)/b12-8-,18-16?. The first-order valence-electron chi connectivity index (χ1n) is 6.79. The van der Waals surface area contributed by atoms with Crippen LogP contribution >= 0.6 is 34.4 Å². The summed E-state index contributed by atoms with van der Waals surface area (Å²) in [5, 5.41) is 9.43. The number of likely N-dealkylation sites (N-methyl/N-ethyl adjacent to an activating group) is 1. The van der Waals surface area contributed by atoms with Gasteiger partial charge in [-0.3, -0.25) is 9.69 Å². The molecule has 1 N–H and O–H groups in total. The maximum Gasteiger partial charge on any atom is 0.335 e. The van der Waals surface area contributed by atoms with Crippen molar-refractivity contribution in [1.29, 1.82) is 0 Å². The van der Waals surface area contributed by atoms with Crippen LogP contribution in [-0.2, 0) is 4.79 Å². The number of carboxylic acids is 1. The minimum Gasteiger partial charge on any atom is -0.478 e. The summed E-state index contributed by atoms with van der Waals surface area (Å²) in [6.45, 7) is 0. The monoisotopic (exact) mass is 454 g/mol. The molecule has 0 saturated carbocycles. The molecule has 8 heteroatoms. The third-order valence-corrected chi connectivity index (χ3v) is 4.85. The Balaban J connectivity index is 1.85. The number of aromatic carboxylic acids is 1. The first kappa shape index (κ1) is 16.8. The number of hydrogen-bond donors (Lipinski definition) is 1. The molecule has 1 aromatic carbocycles. The van der Waals surface area contributed by atoms with E-state index >= 15 is 0 Å². The Kier molecular flexibility index (Phi) is 4.76. The molecule has 1 aliphatic rings. The molecule has 1 aliphatic heterocycles. The minimum absolute atomic E-state index is 0.160. The Bertz CT molecular complexity index is 870. The number of hydrogen-bond acceptors (Lipinski definition) is 5. The molecule has 6 nitrogen and oxygen atoms in total. The lowest BCUT2D eigenvalue weighted by Crippen LogP contribution is -2.23. The summed E-state index contributed by atoms with van der Waals surface area (Å²) in [4.78, 5) is 29.5. The maximum atomic E-state index is 12.3. The van der Waals surface area contributed by atoms with Crippen LogP contribution in [0, 0.1) is 3.77 Å². The van der Waals surface area contributed by atoms with Crippen LogP contribution < -0.4 is 0 Å². The molecular weight excluding hydrogens is 443 g/mol. The van der Waals surface area contributed by atoms with Crippen molar-refractivity contribution >= 4 is 63.2 Å². The lowest BCUT2D eigenvalue weighted by Gasteiger charge is -2.07. The summed E-state index contributed by atoms with van der Waals surface area (Å²) < 4.78 is 6.19. The number of benzene rings is 1. The maximum absolute atomic E-state index is 12.3. The molecule has 1 amide bonds. The van der Waals surface area contributed by atoms with E-state index in [1.54, 1.807) is 31.3 Å². The van der Waals surface area contributed by atoms with Gasteiger partial charge < -0.3 is 9.52 Å². The van der Waals surface area contributed by atoms with Crippen LogP contribution in [0.4, 0.5) is 5.69 Å². The van der Waals surface area contributed by atoms with Crippen LogP contribution in [0.1, 0.15) is 16.1 Å². The number of carbonyl (C=O) groups is 2. The van der Waals surface area contributed by atoms with Crippen LogP contribution in [0.2, 0.25) is 0 Å². The number of rotatable bonds is 3. The first-order valence-corrected chi connectivity index (χ1v) is 8.68.